The highest BCUT2D eigenvalue weighted by Crippen LogP contribution is 2.41. The normalized spacial score (nSPS) is 18.7. The van der Waals surface area contributed by atoms with Crippen LogP contribution in [0.5, 0.6) is 0 Å². The first-order valence-electron chi connectivity index (χ1n) is 10.6. The Morgan fingerprint density at radius 1 is 1.14 bits per heavy atom. The first kappa shape index (κ1) is 24.2. The second-order valence-electron chi connectivity index (χ2n) is 8.40. The Labute approximate surface area is 204 Å². The molecular weight excluding hydrogens is 512 g/mol. The second kappa shape index (κ2) is 8.57. The number of H-pyrrole nitrogens is 2. The van der Waals surface area contributed by atoms with Crippen molar-refractivity contribution in [1.82, 2.24) is 40.6 Å². The van der Waals surface area contributed by atoms with Crippen molar-refractivity contribution in [3.05, 3.63) is 30.3 Å². The SMILES string of the molecule is Nc1nc2c(-c3ccc(S(=O)(=O)N[C@@]4(CO)CCNC4)c(S(N)(=O)=O)c3-c3nnn[nH]3)cccc2[nH]1. The lowest BCUT2D eigenvalue weighted by molar-refractivity contribution is 0.195. The zero-order valence-corrected chi connectivity index (χ0v) is 20.2. The molecule has 1 saturated heterocycles. The van der Waals surface area contributed by atoms with Crippen LogP contribution in [0.4, 0.5) is 5.95 Å². The molecule has 3 heterocycles. The summed E-state index contributed by atoms with van der Waals surface area (Å²) in [6.07, 6.45) is 0.299. The fourth-order valence-corrected chi connectivity index (χ4v) is 7.42. The summed E-state index contributed by atoms with van der Waals surface area (Å²) < 4.78 is 55.4. The van der Waals surface area contributed by atoms with Gasteiger partial charge in [0.1, 0.15) is 9.79 Å². The number of aliphatic hydroxyl groups excluding tert-OH is 1. The van der Waals surface area contributed by atoms with Crippen LogP contribution in [0.15, 0.2) is 40.1 Å². The number of aromatic nitrogens is 6. The third kappa shape index (κ3) is 4.10. The molecule has 9 N–H and O–H groups in total. The molecule has 4 aromatic rings. The fourth-order valence-electron chi connectivity index (χ4n) is 4.39. The average Bonchev–Trinajstić information content (AvgIpc) is 3.58. The number of aromatic amines is 2. The predicted octanol–water partition coefficient (Wildman–Crippen LogP) is -1.36. The topological polar surface area (TPSA) is 248 Å². The lowest BCUT2D eigenvalue weighted by Crippen LogP contribution is -2.53. The molecule has 0 unspecified atom stereocenters. The van der Waals surface area contributed by atoms with Crippen LogP contribution < -0.4 is 20.9 Å². The summed E-state index contributed by atoms with van der Waals surface area (Å²) in [6.45, 7) is 0.131. The molecule has 0 bridgehead atoms. The van der Waals surface area contributed by atoms with E-state index in [9.17, 15) is 21.9 Å². The Morgan fingerprint density at radius 2 is 1.94 bits per heavy atom. The van der Waals surface area contributed by atoms with Crippen LogP contribution in [0.1, 0.15) is 6.42 Å². The van der Waals surface area contributed by atoms with Gasteiger partial charge in [-0.2, -0.15) is 0 Å². The van der Waals surface area contributed by atoms with E-state index in [0.29, 0.717) is 29.6 Å². The molecule has 1 atom stereocenters. The van der Waals surface area contributed by atoms with Crippen LogP contribution in [0.3, 0.4) is 0 Å². The molecule has 1 aliphatic heterocycles. The van der Waals surface area contributed by atoms with Gasteiger partial charge in [0.25, 0.3) is 0 Å². The largest absolute Gasteiger partial charge is 0.394 e. The third-order valence-corrected chi connectivity index (χ3v) is 8.74. The molecule has 0 aliphatic carbocycles. The van der Waals surface area contributed by atoms with Gasteiger partial charge >= 0.3 is 0 Å². The number of nitrogens with one attached hydrogen (secondary N) is 4. The first-order valence-corrected chi connectivity index (χ1v) is 13.6. The maximum atomic E-state index is 13.5. The fraction of sp³-hybridized carbons (Fsp3) is 0.263. The maximum Gasteiger partial charge on any atom is 0.242 e. The molecule has 17 heteroatoms. The number of anilines is 1. The first-order chi connectivity index (χ1) is 17.0. The Hall–Kier alpha value is -3.48. The van der Waals surface area contributed by atoms with Gasteiger partial charge < -0.3 is 21.1 Å². The van der Waals surface area contributed by atoms with E-state index in [2.05, 4.69) is 40.6 Å². The zero-order valence-electron chi connectivity index (χ0n) is 18.6. The molecular formula is C19H22N10O5S2. The Kier molecular flexibility index (Phi) is 5.77. The Bertz CT molecular complexity index is 1660. The van der Waals surface area contributed by atoms with Gasteiger partial charge in [-0.3, -0.25) is 0 Å². The smallest absolute Gasteiger partial charge is 0.242 e. The van der Waals surface area contributed by atoms with Gasteiger partial charge in [0.05, 0.1) is 28.7 Å². The molecule has 0 radical (unpaired) electrons. The average molecular weight is 535 g/mol. The van der Waals surface area contributed by atoms with Crippen LogP contribution >= 0.6 is 0 Å². The molecule has 2 aromatic carbocycles. The number of para-hydroxylation sites is 1. The molecule has 2 aromatic heterocycles. The van der Waals surface area contributed by atoms with E-state index in [1.165, 1.54) is 6.07 Å². The van der Waals surface area contributed by atoms with Crippen molar-refractivity contribution in [3.63, 3.8) is 0 Å². The van der Waals surface area contributed by atoms with E-state index in [1.807, 2.05) is 0 Å². The molecule has 0 amide bonds. The summed E-state index contributed by atoms with van der Waals surface area (Å²) in [4.78, 5) is 5.84. The Morgan fingerprint density at radius 3 is 2.58 bits per heavy atom. The van der Waals surface area contributed by atoms with Crippen LogP contribution in [-0.2, 0) is 20.0 Å². The number of hydrogen-bond acceptors (Lipinski definition) is 11. The highest BCUT2D eigenvalue weighted by atomic mass is 32.2. The number of nitrogens with two attached hydrogens (primary N) is 2. The van der Waals surface area contributed by atoms with E-state index in [0.717, 1.165) is 6.07 Å². The van der Waals surface area contributed by atoms with E-state index in [4.69, 9.17) is 10.9 Å². The van der Waals surface area contributed by atoms with E-state index >= 15 is 0 Å². The molecule has 0 saturated carbocycles. The van der Waals surface area contributed by atoms with Crippen molar-refractivity contribution < 1.29 is 21.9 Å². The number of nitrogens with zero attached hydrogens (tertiary/aromatic N) is 4. The summed E-state index contributed by atoms with van der Waals surface area (Å²) in [6, 6.07) is 7.63. The molecule has 0 spiro atoms. The van der Waals surface area contributed by atoms with Crippen molar-refractivity contribution in [2.24, 2.45) is 5.14 Å². The van der Waals surface area contributed by atoms with Gasteiger partial charge in [0, 0.05) is 12.1 Å². The van der Waals surface area contributed by atoms with Crippen LogP contribution in [-0.4, -0.2) is 77.8 Å². The number of fused-ring (bicyclic) bond motifs is 1. The summed E-state index contributed by atoms with van der Waals surface area (Å²) in [5, 5.41) is 31.8. The molecule has 1 fully saturated rings. The van der Waals surface area contributed by atoms with Gasteiger partial charge in [-0.25, -0.2) is 36.8 Å². The number of sulfonamides is 2. The van der Waals surface area contributed by atoms with E-state index in [-0.39, 0.29) is 29.4 Å². The van der Waals surface area contributed by atoms with Crippen molar-refractivity contribution >= 4 is 37.0 Å². The number of tetrazole rings is 1. The lowest BCUT2D eigenvalue weighted by Gasteiger charge is -2.27. The van der Waals surface area contributed by atoms with Gasteiger partial charge in [0.15, 0.2) is 11.8 Å². The second-order valence-corrected chi connectivity index (χ2v) is 11.6. The van der Waals surface area contributed by atoms with Gasteiger partial charge in [-0.1, -0.05) is 18.2 Å². The van der Waals surface area contributed by atoms with Gasteiger partial charge in [0.2, 0.25) is 20.0 Å². The van der Waals surface area contributed by atoms with Crippen molar-refractivity contribution in [2.45, 2.75) is 21.8 Å². The highest BCUT2D eigenvalue weighted by molar-refractivity contribution is 7.92. The number of nitrogen functional groups attached to an aromatic ring is 1. The number of benzene rings is 2. The van der Waals surface area contributed by atoms with Gasteiger partial charge in [-0.05, 0) is 41.1 Å². The predicted molar refractivity (Wildman–Crippen MR) is 128 cm³/mol. The minimum absolute atomic E-state index is 0.133. The molecule has 190 valence electrons. The van der Waals surface area contributed by atoms with Crippen molar-refractivity contribution in [1.29, 1.82) is 0 Å². The number of primary sulfonamides is 1. The summed E-state index contributed by atoms with van der Waals surface area (Å²) >= 11 is 0. The summed E-state index contributed by atoms with van der Waals surface area (Å²) in [7, 11) is -9.19. The molecule has 1 aliphatic rings. The number of imidazole rings is 1. The quantitative estimate of drug-likeness (QED) is 0.146. The van der Waals surface area contributed by atoms with Crippen LogP contribution in [0.25, 0.3) is 33.5 Å². The molecule has 36 heavy (non-hydrogen) atoms. The number of hydrogen-bond donors (Lipinski definition) is 7. The number of aliphatic hydroxyl groups is 1. The zero-order chi connectivity index (χ0) is 25.7. The molecule has 15 nitrogen and oxygen atoms in total. The minimum Gasteiger partial charge on any atom is -0.394 e. The van der Waals surface area contributed by atoms with Gasteiger partial charge in [-0.15, -0.1) is 5.10 Å². The third-order valence-electron chi connectivity index (χ3n) is 6.00. The maximum absolute atomic E-state index is 13.5. The van der Waals surface area contributed by atoms with Crippen molar-refractivity contribution in [2.75, 3.05) is 25.4 Å². The standard InChI is InChI=1S/C19H22N10O5S2/c20-18-23-12-3-1-2-11(15(12)24-18)10-4-5-13(36(33,34)27-19(9-30)6-7-22-8-19)16(35(21,31)32)14(10)17-25-28-29-26-17/h1-5,22,27,30H,6-9H2,(H3,20,23,24)(H2,21,31,32)(H,25,26,28,29)/t19-/m0/s1. The monoisotopic (exact) mass is 534 g/mol. The van der Waals surface area contributed by atoms with Crippen molar-refractivity contribution in [3.8, 4) is 22.5 Å². The number of rotatable bonds is 7. The van der Waals surface area contributed by atoms with Crippen LogP contribution in [0.2, 0.25) is 0 Å². The highest BCUT2D eigenvalue weighted by Gasteiger charge is 2.40. The minimum atomic E-state index is -4.68. The van der Waals surface area contributed by atoms with Crippen LogP contribution in [0, 0.1) is 0 Å². The molecule has 5 rings (SSSR count). The summed E-state index contributed by atoms with van der Waals surface area (Å²) in [5.41, 5.74) is 6.10. The lowest BCUT2D eigenvalue weighted by atomic mass is 9.98. The van der Waals surface area contributed by atoms with E-state index < -0.39 is 42.0 Å². The summed E-state index contributed by atoms with van der Waals surface area (Å²) in [5.74, 6) is 0.000800. The Balaban J connectivity index is 1.82. The van der Waals surface area contributed by atoms with E-state index in [1.54, 1.807) is 18.2 Å².